The monoisotopic (exact) mass is 172 g/mol. The lowest BCUT2D eigenvalue weighted by molar-refractivity contribution is -0.173. The lowest BCUT2D eigenvalue weighted by Gasteiger charge is -2.32. The van der Waals surface area contributed by atoms with Crippen molar-refractivity contribution < 1.29 is 19.4 Å². The van der Waals surface area contributed by atoms with Gasteiger partial charge in [-0.3, -0.25) is 4.79 Å². The molecule has 1 aliphatic heterocycles. The molecule has 0 aromatic carbocycles. The van der Waals surface area contributed by atoms with Crippen LogP contribution in [0.25, 0.3) is 0 Å². The summed E-state index contributed by atoms with van der Waals surface area (Å²) in [5.74, 6) is -1.10. The molecule has 1 unspecified atom stereocenters. The van der Waals surface area contributed by atoms with Crippen molar-refractivity contribution in [3.8, 4) is 0 Å². The van der Waals surface area contributed by atoms with Gasteiger partial charge in [0.2, 0.25) is 0 Å². The Morgan fingerprint density at radius 1 is 1.67 bits per heavy atom. The highest BCUT2D eigenvalue weighted by Gasteiger charge is 2.36. The molecule has 68 valence electrons. The van der Waals surface area contributed by atoms with Crippen LogP contribution >= 0.6 is 0 Å². The highest BCUT2D eigenvalue weighted by Crippen LogP contribution is 2.25. The van der Waals surface area contributed by atoms with Crippen LogP contribution in [0.15, 0.2) is 0 Å². The number of Topliss-reactive ketones (excluding diaryl/α,β-unsaturated/α-hetero) is 1. The third-order valence-corrected chi connectivity index (χ3v) is 1.77. The summed E-state index contributed by atoms with van der Waals surface area (Å²) < 4.78 is 5.19. The predicted octanol–water partition coefficient (Wildman–Crippen LogP) is 0.598. The van der Waals surface area contributed by atoms with Gasteiger partial charge in [0.05, 0.1) is 5.60 Å². The molecular formula is C8H12O4. The Morgan fingerprint density at radius 2 is 2.25 bits per heavy atom. The summed E-state index contributed by atoms with van der Waals surface area (Å²) in [6, 6.07) is 0. The maximum atomic E-state index is 11.1. The maximum absolute atomic E-state index is 11.1. The average Bonchev–Trinajstić information content (AvgIpc) is 1.82. The van der Waals surface area contributed by atoms with Crippen molar-refractivity contribution in [2.45, 2.75) is 38.4 Å². The van der Waals surface area contributed by atoms with Crippen molar-refractivity contribution in [2.24, 2.45) is 0 Å². The number of hydrogen-bond donors (Lipinski definition) is 1. The van der Waals surface area contributed by atoms with E-state index in [-0.39, 0.29) is 12.2 Å². The zero-order chi connectivity index (χ0) is 9.35. The van der Waals surface area contributed by atoms with Gasteiger partial charge in [-0.25, -0.2) is 4.79 Å². The molecule has 0 aliphatic carbocycles. The molecular weight excluding hydrogens is 160 g/mol. The summed E-state index contributed by atoms with van der Waals surface area (Å²) in [5, 5.41) is 8.61. The van der Waals surface area contributed by atoms with E-state index in [2.05, 4.69) is 0 Å². The van der Waals surface area contributed by atoms with Gasteiger partial charge in [-0.15, -0.1) is 0 Å². The Labute approximate surface area is 70.5 Å². The first-order chi connectivity index (χ1) is 5.41. The van der Waals surface area contributed by atoms with E-state index in [0.29, 0.717) is 6.42 Å². The molecule has 1 heterocycles. The van der Waals surface area contributed by atoms with Gasteiger partial charge in [-0.05, 0) is 13.8 Å². The second kappa shape index (κ2) is 2.86. The van der Waals surface area contributed by atoms with Crippen molar-refractivity contribution in [3.05, 3.63) is 0 Å². The second-order valence-electron chi connectivity index (χ2n) is 3.62. The molecule has 0 aromatic heterocycles. The van der Waals surface area contributed by atoms with Gasteiger partial charge < -0.3 is 9.84 Å². The van der Waals surface area contributed by atoms with Crippen LogP contribution in [0.3, 0.4) is 0 Å². The second-order valence-corrected chi connectivity index (χ2v) is 3.62. The van der Waals surface area contributed by atoms with Crippen LogP contribution in [0.2, 0.25) is 0 Å². The Morgan fingerprint density at radius 3 is 2.67 bits per heavy atom. The number of hydrogen-bond acceptors (Lipinski definition) is 3. The number of carboxylic acid groups (broad SMARTS) is 1. The van der Waals surface area contributed by atoms with E-state index in [9.17, 15) is 9.59 Å². The van der Waals surface area contributed by atoms with Crippen LogP contribution in [-0.4, -0.2) is 28.6 Å². The molecule has 1 N–H and O–H groups in total. The van der Waals surface area contributed by atoms with Crippen LogP contribution < -0.4 is 0 Å². The van der Waals surface area contributed by atoms with E-state index in [4.69, 9.17) is 9.84 Å². The molecule has 1 saturated heterocycles. The van der Waals surface area contributed by atoms with Crippen LogP contribution in [0.5, 0.6) is 0 Å². The van der Waals surface area contributed by atoms with Gasteiger partial charge in [0.15, 0.2) is 6.10 Å². The molecule has 1 atom stereocenters. The first-order valence-electron chi connectivity index (χ1n) is 3.83. The highest BCUT2D eigenvalue weighted by atomic mass is 16.5. The van der Waals surface area contributed by atoms with Crippen molar-refractivity contribution in [1.82, 2.24) is 0 Å². The van der Waals surface area contributed by atoms with Gasteiger partial charge in [-0.1, -0.05) is 0 Å². The molecule has 4 heteroatoms. The smallest absolute Gasteiger partial charge is 0.333 e. The van der Waals surface area contributed by atoms with E-state index >= 15 is 0 Å². The lowest BCUT2D eigenvalue weighted by Crippen LogP contribution is -2.43. The summed E-state index contributed by atoms with van der Waals surface area (Å²) in [5.41, 5.74) is -0.627. The molecule has 0 radical (unpaired) electrons. The topological polar surface area (TPSA) is 63.6 Å². The number of carbonyl (C=O) groups is 2. The Bertz CT molecular complexity index is 219. The highest BCUT2D eigenvalue weighted by molar-refractivity contribution is 5.86. The Kier molecular flexibility index (Phi) is 2.19. The first-order valence-corrected chi connectivity index (χ1v) is 3.83. The number of rotatable bonds is 1. The molecule has 0 amide bonds. The Balaban J connectivity index is 2.70. The van der Waals surface area contributed by atoms with Crippen LogP contribution in [-0.2, 0) is 14.3 Å². The van der Waals surface area contributed by atoms with Crippen molar-refractivity contribution in [3.63, 3.8) is 0 Å². The van der Waals surface area contributed by atoms with Gasteiger partial charge in [0, 0.05) is 12.8 Å². The third-order valence-electron chi connectivity index (χ3n) is 1.77. The number of ketones is 1. The molecule has 1 rings (SSSR count). The Hall–Kier alpha value is -0.900. The minimum Gasteiger partial charge on any atom is -0.479 e. The number of aliphatic carboxylic acids is 1. The van der Waals surface area contributed by atoms with E-state index < -0.39 is 17.7 Å². The van der Waals surface area contributed by atoms with Gasteiger partial charge in [0.1, 0.15) is 5.78 Å². The van der Waals surface area contributed by atoms with Gasteiger partial charge in [-0.2, -0.15) is 0 Å². The fraction of sp³-hybridized carbons (Fsp3) is 0.750. The third kappa shape index (κ3) is 2.04. The summed E-state index contributed by atoms with van der Waals surface area (Å²) in [7, 11) is 0. The molecule has 1 fully saturated rings. The predicted molar refractivity (Wildman–Crippen MR) is 40.8 cm³/mol. The normalized spacial score (nSPS) is 28.5. The summed E-state index contributed by atoms with van der Waals surface area (Å²) in [4.78, 5) is 21.6. The number of carboxylic acids is 1. The van der Waals surface area contributed by atoms with E-state index in [0.717, 1.165) is 0 Å². The zero-order valence-corrected chi connectivity index (χ0v) is 7.16. The lowest BCUT2D eigenvalue weighted by atomic mass is 9.94. The van der Waals surface area contributed by atoms with E-state index in [1.54, 1.807) is 13.8 Å². The van der Waals surface area contributed by atoms with Crippen LogP contribution in [0, 0.1) is 0 Å². The minimum atomic E-state index is -1.06. The molecule has 0 bridgehead atoms. The fourth-order valence-corrected chi connectivity index (χ4v) is 1.36. The summed E-state index contributed by atoms with van der Waals surface area (Å²) in [6.07, 6.45) is -0.656. The van der Waals surface area contributed by atoms with Crippen molar-refractivity contribution in [1.29, 1.82) is 0 Å². The molecule has 12 heavy (non-hydrogen) atoms. The summed E-state index contributed by atoms with van der Waals surface area (Å²) >= 11 is 0. The number of carbonyl (C=O) groups excluding carboxylic acids is 1. The SMILES string of the molecule is CC1(C)CC(=O)CC(C(=O)O)O1. The van der Waals surface area contributed by atoms with Crippen LogP contribution in [0.4, 0.5) is 0 Å². The van der Waals surface area contributed by atoms with E-state index in [1.165, 1.54) is 0 Å². The largest absolute Gasteiger partial charge is 0.479 e. The van der Waals surface area contributed by atoms with Crippen molar-refractivity contribution >= 4 is 11.8 Å². The fourth-order valence-electron chi connectivity index (χ4n) is 1.36. The standard InChI is InChI=1S/C8H12O4/c1-8(2)4-5(9)3-6(12-8)7(10)11/h6H,3-4H2,1-2H3,(H,10,11). The van der Waals surface area contributed by atoms with Crippen molar-refractivity contribution in [2.75, 3.05) is 0 Å². The first kappa shape index (κ1) is 9.19. The summed E-state index contributed by atoms with van der Waals surface area (Å²) in [6.45, 7) is 3.44. The van der Waals surface area contributed by atoms with Crippen LogP contribution in [0.1, 0.15) is 26.7 Å². The molecule has 4 nitrogen and oxygen atoms in total. The molecule has 0 spiro atoms. The number of ether oxygens (including phenoxy) is 1. The zero-order valence-electron chi connectivity index (χ0n) is 7.16. The molecule has 0 aromatic rings. The van der Waals surface area contributed by atoms with E-state index in [1.807, 2.05) is 0 Å². The molecule has 0 saturated carbocycles. The van der Waals surface area contributed by atoms with Gasteiger partial charge >= 0.3 is 5.97 Å². The molecule has 1 aliphatic rings. The minimum absolute atomic E-state index is 0.00123. The maximum Gasteiger partial charge on any atom is 0.333 e. The van der Waals surface area contributed by atoms with Gasteiger partial charge in [0.25, 0.3) is 0 Å². The quantitative estimate of drug-likeness (QED) is 0.629. The average molecular weight is 172 g/mol.